The summed E-state index contributed by atoms with van der Waals surface area (Å²) in [6, 6.07) is 12.7. The topological polar surface area (TPSA) is 105 Å². The SMILES string of the molecule is CCOC(=O)C1(NC(=O)CN2C(=O)NC(C)(c3ccc4ccccc4c3)C2=O)CCCCC1. The Morgan fingerprint density at radius 1 is 1.06 bits per heavy atom. The van der Waals surface area contributed by atoms with E-state index in [0.29, 0.717) is 18.4 Å². The molecule has 2 N–H and O–H groups in total. The standard InChI is InChI=1S/C25H29N3O5/c1-3-33-22(31)25(13-7-4-8-14-25)26-20(29)16-28-21(30)24(2,27-23(28)32)19-12-11-17-9-5-6-10-18(17)15-19/h5-6,9-12,15H,3-4,7-8,13-14,16H2,1-2H3,(H,26,29)(H,27,32). The lowest BCUT2D eigenvalue weighted by Crippen LogP contribution is -2.58. The fourth-order valence-electron chi connectivity index (χ4n) is 4.79. The fraction of sp³-hybridized carbons (Fsp3) is 0.440. The van der Waals surface area contributed by atoms with E-state index >= 15 is 0 Å². The summed E-state index contributed by atoms with van der Waals surface area (Å²) >= 11 is 0. The number of hydrogen-bond donors (Lipinski definition) is 2. The van der Waals surface area contributed by atoms with E-state index in [1.165, 1.54) is 0 Å². The molecule has 2 fully saturated rings. The molecule has 1 saturated carbocycles. The van der Waals surface area contributed by atoms with Crippen LogP contribution in [-0.4, -0.2) is 47.4 Å². The van der Waals surface area contributed by atoms with Crippen LogP contribution in [-0.2, 0) is 24.7 Å². The molecule has 33 heavy (non-hydrogen) atoms. The molecule has 8 heteroatoms. The van der Waals surface area contributed by atoms with Crippen molar-refractivity contribution < 1.29 is 23.9 Å². The molecule has 1 aliphatic carbocycles. The highest BCUT2D eigenvalue weighted by atomic mass is 16.5. The van der Waals surface area contributed by atoms with E-state index in [1.54, 1.807) is 13.8 Å². The van der Waals surface area contributed by atoms with Crippen molar-refractivity contribution in [3.8, 4) is 0 Å². The third-order valence-corrected chi connectivity index (χ3v) is 6.66. The molecule has 0 radical (unpaired) electrons. The summed E-state index contributed by atoms with van der Waals surface area (Å²) in [5.41, 5.74) is -1.75. The van der Waals surface area contributed by atoms with Crippen molar-refractivity contribution in [1.29, 1.82) is 0 Å². The Labute approximate surface area is 192 Å². The van der Waals surface area contributed by atoms with Crippen molar-refractivity contribution in [2.45, 2.75) is 57.0 Å². The summed E-state index contributed by atoms with van der Waals surface area (Å²) in [5, 5.41) is 7.50. The smallest absolute Gasteiger partial charge is 0.331 e. The van der Waals surface area contributed by atoms with Crippen molar-refractivity contribution >= 4 is 34.6 Å². The third kappa shape index (κ3) is 4.17. The first-order valence-corrected chi connectivity index (χ1v) is 11.4. The first kappa shape index (κ1) is 22.8. The van der Waals surface area contributed by atoms with Crippen molar-refractivity contribution in [2.24, 2.45) is 0 Å². The minimum absolute atomic E-state index is 0.216. The van der Waals surface area contributed by atoms with E-state index in [9.17, 15) is 19.2 Å². The number of carbonyl (C=O) groups excluding carboxylic acids is 4. The highest BCUT2D eigenvalue weighted by Gasteiger charge is 2.50. The molecule has 8 nitrogen and oxygen atoms in total. The van der Waals surface area contributed by atoms with Gasteiger partial charge in [0.15, 0.2) is 0 Å². The van der Waals surface area contributed by atoms with Crippen molar-refractivity contribution in [3.63, 3.8) is 0 Å². The van der Waals surface area contributed by atoms with E-state index in [-0.39, 0.29) is 6.61 Å². The molecule has 174 valence electrons. The summed E-state index contributed by atoms with van der Waals surface area (Å²) in [7, 11) is 0. The summed E-state index contributed by atoms with van der Waals surface area (Å²) in [6.45, 7) is 3.11. The first-order valence-electron chi connectivity index (χ1n) is 11.4. The zero-order valence-electron chi connectivity index (χ0n) is 19.0. The average molecular weight is 452 g/mol. The Hall–Kier alpha value is -3.42. The Balaban J connectivity index is 1.52. The predicted octanol–water partition coefficient (Wildman–Crippen LogP) is 2.99. The van der Waals surface area contributed by atoms with Gasteiger partial charge >= 0.3 is 12.0 Å². The van der Waals surface area contributed by atoms with Gasteiger partial charge in [-0.25, -0.2) is 9.59 Å². The molecular weight excluding hydrogens is 422 g/mol. The van der Waals surface area contributed by atoms with Crippen LogP contribution in [0.1, 0.15) is 51.5 Å². The van der Waals surface area contributed by atoms with Crippen molar-refractivity contribution in [1.82, 2.24) is 15.5 Å². The lowest BCUT2D eigenvalue weighted by Gasteiger charge is -2.35. The van der Waals surface area contributed by atoms with Crippen LogP contribution in [0.25, 0.3) is 10.8 Å². The highest BCUT2D eigenvalue weighted by Crippen LogP contribution is 2.32. The number of benzene rings is 2. The number of carbonyl (C=O) groups is 4. The van der Waals surface area contributed by atoms with Crippen molar-refractivity contribution in [2.75, 3.05) is 13.2 Å². The molecule has 2 aromatic carbocycles. The molecular formula is C25H29N3O5. The summed E-state index contributed by atoms with van der Waals surface area (Å²) in [6.07, 6.45) is 3.53. The van der Waals surface area contributed by atoms with E-state index in [1.807, 2.05) is 42.5 Å². The first-order chi connectivity index (χ1) is 15.8. The van der Waals surface area contributed by atoms with Crippen LogP contribution in [0, 0.1) is 0 Å². The van der Waals surface area contributed by atoms with Gasteiger partial charge in [0.25, 0.3) is 5.91 Å². The second-order valence-corrected chi connectivity index (χ2v) is 8.92. The molecule has 1 unspecified atom stereocenters. The van der Waals surface area contributed by atoms with Crippen LogP contribution in [0.5, 0.6) is 0 Å². The number of nitrogens with zero attached hydrogens (tertiary/aromatic N) is 1. The van der Waals surface area contributed by atoms with Gasteiger partial charge in [-0.2, -0.15) is 0 Å². The molecule has 1 aliphatic heterocycles. The number of hydrogen-bond acceptors (Lipinski definition) is 5. The highest BCUT2D eigenvalue weighted by molar-refractivity contribution is 6.09. The zero-order chi connectivity index (χ0) is 23.6. The van der Waals surface area contributed by atoms with Crippen LogP contribution in [0.3, 0.4) is 0 Å². The number of nitrogens with one attached hydrogen (secondary N) is 2. The van der Waals surface area contributed by atoms with Gasteiger partial charge in [0, 0.05) is 0 Å². The summed E-state index contributed by atoms with van der Waals surface area (Å²) < 4.78 is 5.21. The second kappa shape index (κ2) is 8.84. The molecule has 0 bridgehead atoms. The molecule has 0 spiro atoms. The number of ether oxygens (including phenoxy) is 1. The largest absolute Gasteiger partial charge is 0.464 e. The maximum absolute atomic E-state index is 13.3. The van der Waals surface area contributed by atoms with Gasteiger partial charge in [0.2, 0.25) is 5.91 Å². The van der Waals surface area contributed by atoms with E-state index in [0.717, 1.165) is 34.9 Å². The molecule has 4 rings (SSSR count). The number of imide groups is 1. The Morgan fingerprint density at radius 2 is 1.76 bits per heavy atom. The van der Waals surface area contributed by atoms with Crippen LogP contribution in [0.15, 0.2) is 42.5 Å². The van der Waals surface area contributed by atoms with Crippen LogP contribution < -0.4 is 10.6 Å². The molecule has 1 heterocycles. The van der Waals surface area contributed by atoms with Crippen molar-refractivity contribution in [3.05, 3.63) is 48.0 Å². The third-order valence-electron chi connectivity index (χ3n) is 6.66. The Morgan fingerprint density at radius 3 is 2.45 bits per heavy atom. The summed E-state index contributed by atoms with van der Waals surface area (Å²) in [4.78, 5) is 52.4. The molecule has 1 saturated heterocycles. The van der Waals surface area contributed by atoms with E-state index in [4.69, 9.17) is 4.74 Å². The number of fused-ring (bicyclic) bond motifs is 1. The van der Waals surface area contributed by atoms with Gasteiger partial charge in [-0.05, 0) is 49.1 Å². The number of amides is 4. The maximum atomic E-state index is 13.3. The van der Waals surface area contributed by atoms with Crippen LogP contribution >= 0.6 is 0 Å². The lowest BCUT2D eigenvalue weighted by atomic mass is 9.81. The molecule has 4 amide bonds. The van der Waals surface area contributed by atoms with Gasteiger partial charge in [0.1, 0.15) is 17.6 Å². The second-order valence-electron chi connectivity index (χ2n) is 8.92. The number of esters is 1. The van der Waals surface area contributed by atoms with Gasteiger partial charge in [-0.3, -0.25) is 14.5 Å². The quantitative estimate of drug-likeness (QED) is 0.519. The molecule has 2 aromatic rings. The van der Waals surface area contributed by atoms with Crippen LogP contribution in [0.4, 0.5) is 4.79 Å². The lowest BCUT2D eigenvalue weighted by molar-refractivity contribution is -0.155. The van der Waals surface area contributed by atoms with Gasteiger partial charge < -0.3 is 15.4 Å². The Kier molecular flexibility index (Phi) is 6.10. The number of urea groups is 1. The van der Waals surface area contributed by atoms with Gasteiger partial charge in [-0.1, -0.05) is 55.7 Å². The van der Waals surface area contributed by atoms with E-state index in [2.05, 4.69) is 10.6 Å². The number of rotatable bonds is 6. The minimum Gasteiger partial charge on any atom is -0.464 e. The predicted molar refractivity (Wildman–Crippen MR) is 122 cm³/mol. The van der Waals surface area contributed by atoms with E-state index < -0.39 is 41.4 Å². The molecule has 0 aromatic heterocycles. The van der Waals surface area contributed by atoms with Crippen LogP contribution in [0.2, 0.25) is 0 Å². The molecule has 1 atom stereocenters. The molecule has 2 aliphatic rings. The monoisotopic (exact) mass is 451 g/mol. The van der Waals surface area contributed by atoms with Gasteiger partial charge in [0.05, 0.1) is 6.61 Å². The van der Waals surface area contributed by atoms with Gasteiger partial charge in [-0.15, -0.1) is 0 Å². The average Bonchev–Trinajstić information content (AvgIpc) is 3.03. The fourth-order valence-corrected chi connectivity index (χ4v) is 4.79. The zero-order valence-corrected chi connectivity index (χ0v) is 19.0. The Bertz CT molecular complexity index is 1110. The normalized spacial score (nSPS) is 22.2. The maximum Gasteiger partial charge on any atom is 0.331 e. The summed E-state index contributed by atoms with van der Waals surface area (Å²) in [5.74, 6) is -1.53. The minimum atomic E-state index is -1.29.